The lowest BCUT2D eigenvalue weighted by Crippen LogP contribution is -2.04. The van der Waals surface area contributed by atoms with Gasteiger partial charge in [-0.15, -0.1) is 0 Å². The first-order valence-electron chi connectivity index (χ1n) is 7.03. The molecule has 0 amide bonds. The van der Waals surface area contributed by atoms with E-state index >= 15 is 0 Å². The molecule has 1 aromatic heterocycles. The van der Waals surface area contributed by atoms with Gasteiger partial charge in [0.2, 0.25) is 0 Å². The minimum Gasteiger partial charge on any atom is -0.505 e. The number of pyridine rings is 1. The van der Waals surface area contributed by atoms with Gasteiger partial charge in [-0.2, -0.15) is 0 Å². The highest BCUT2D eigenvalue weighted by molar-refractivity contribution is 5.99. The Bertz CT molecular complexity index is 872. The number of aromatic nitrogens is 1. The molecule has 0 radical (unpaired) electrons. The molecule has 3 aromatic rings. The van der Waals surface area contributed by atoms with E-state index in [1.165, 1.54) is 13.3 Å². The number of methoxy groups -OCH3 is 1. The van der Waals surface area contributed by atoms with Crippen LogP contribution in [-0.4, -0.2) is 23.2 Å². The molecule has 0 fully saturated rings. The zero-order valence-electron chi connectivity index (χ0n) is 12.7. The van der Waals surface area contributed by atoms with E-state index in [0.717, 1.165) is 5.56 Å². The fourth-order valence-electron chi connectivity index (χ4n) is 2.23. The van der Waals surface area contributed by atoms with Crippen molar-refractivity contribution in [3.8, 4) is 17.2 Å². The van der Waals surface area contributed by atoms with Gasteiger partial charge in [-0.05, 0) is 37.3 Å². The summed E-state index contributed by atoms with van der Waals surface area (Å²) in [5.74, 6) is 0.341. The molecule has 2 aromatic carbocycles. The van der Waals surface area contributed by atoms with Crippen molar-refractivity contribution in [2.75, 3.05) is 7.11 Å². The average molecular weight is 309 g/mol. The van der Waals surface area contributed by atoms with Gasteiger partial charge in [0.25, 0.3) is 0 Å². The summed E-state index contributed by atoms with van der Waals surface area (Å²) in [5, 5.41) is 11.4. The van der Waals surface area contributed by atoms with Crippen LogP contribution in [0, 0.1) is 6.92 Å². The number of esters is 1. The predicted molar refractivity (Wildman–Crippen MR) is 86.0 cm³/mol. The van der Waals surface area contributed by atoms with Crippen LogP contribution in [0.2, 0.25) is 0 Å². The highest BCUT2D eigenvalue weighted by Gasteiger charge is 2.16. The molecule has 5 heteroatoms. The fraction of sp³-hybridized carbons (Fsp3) is 0.111. The standard InChI is InChI=1S/C18H15NO4/c1-11-3-6-13(7-4-11)23-14-8-5-12-10-19-16(18(21)22-2)17(20)15(12)9-14/h3-10,20H,1-2H3. The number of hydrogen-bond acceptors (Lipinski definition) is 5. The van der Waals surface area contributed by atoms with Crippen LogP contribution in [0.1, 0.15) is 16.1 Å². The topological polar surface area (TPSA) is 68.7 Å². The summed E-state index contributed by atoms with van der Waals surface area (Å²) >= 11 is 0. The number of aromatic hydroxyl groups is 1. The first-order chi connectivity index (χ1) is 11.1. The monoisotopic (exact) mass is 309 g/mol. The van der Waals surface area contributed by atoms with Gasteiger partial charge < -0.3 is 14.6 Å². The molecule has 5 nitrogen and oxygen atoms in total. The van der Waals surface area contributed by atoms with E-state index < -0.39 is 5.97 Å². The van der Waals surface area contributed by atoms with Crippen LogP contribution in [0.5, 0.6) is 17.2 Å². The van der Waals surface area contributed by atoms with Crippen LogP contribution in [0.3, 0.4) is 0 Å². The normalized spacial score (nSPS) is 10.5. The van der Waals surface area contributed by atoms with E-state index in [9.17, 15) is 9.90 Å². The second-order valence-corrected chi connectivity index (χ2v) is 5.11. The second kappa shape index (κ2) is 5.96. The van der Waals surface area contributed by atoms with Gasteiger partial charge in [-0.25, -0.2) is 9.78 Å². The molecular weight excluding hydrogens is 294 g/mol. The summed E-state index contributed by atoms with van der Waals surface area (Å²) in [5.41, 5.74) is 1.02. The molecule has 0 saturated heterocycles. The Morgan fingerprint density at radius 3 is 2.48 bits per heavy atom. The minimum atomic E-state index is -0.686. The van der Waals surface area contributed by atoms with Crippen molar-refractivity contribution in [2.45, 2.75) is 6.92 Å². The lowest BCUT2D eigenvalue weighted by atomic mass is 10.1. The molecule has 0 atom stereocenters. The Morgan fingerprint density at radius 1 is 1.09 bits per heavy atom. The fourth-order valence-corrected chi connectivity index (χ4v) is 2.23. The number of ether oxygens (including phenoxy) is 2. The molecule has 3 rings (SSSR count). The SMILES string of the molecule is COC(=O)c1ncc2ccc(Oc3ccc(C)cc3)cc2c1O. The third-order valence-electron chi connectivity index (χ3n) is 3.47. The van der Waals surface area contributed by atoms with Crippen molar-refractivity contribution in [1.82, 2.24) is 4.98 Å². The van der Waals surface area contributed by atoms with E-state index in [1.807, 2.05) is 31.2 Å². The number of benzene rings is 2. The van der Waals surface area contributed by atoms with Crippen LogP contribution in [-0.2, 0) is 4.74 Å². The van der Waals surface area contributed by atoms with Crippen molar-refractivity contribution >= 4 is 16.7 Å². The number of aryl methyl sites for hydroxylation is 1. The average Bonchev–Trinajstić information content (AvgIpc) is 2.57. The van der Waals surface area contributed by atoms with Crippen LogP contribution in [0.25, 0.3) is 10.8 Å². The van der Waals surface area contributed by atoms with Gasteiger partial charge in [0.1, 0.15) is 11.5 Å². The Kier molecular flexibility index (Phi) is 3.85. The molecule has 1 heterocycles. The maximum Gasteiger partial charge on any atom is 0.360 e. The highest BCUT2D eigenvalue weighted by atomic mass is 16.5. The number of nitrogens with zero attached hydrogens (tertiary/aromatic N) is 1. The van der Waals surface area contributed by atoms with Crippen molar-refractivity contribution in [2.24, 2.45) is 0 Å². The summed E-state index contributed by atoms with van der Waals surface area (Å²) < 4.78 is 10.4. The summed E-state index contributed by atoms with van der Waals surface area (Å²) in [7, 11) is 1.24. The molecule has 116 valence electrons. The number of carbonyl (C=O) groups is 1. The van der Waals surface area contributed by atoms with Gasteiger partial charge >= 0.3 is 5.97 Å². The van der Waals surface area contributed by atoms with Crippen LogP contribution >= 0.6 is 0 Å². The quantitative estimate of drug-likeness (QED) is 0.745. The molecule has 1 N–H and O–H groups in total. The summed E-state index contributed by atoms with van der Waals surface area (Å²) in [6, 6.07) is 12.9. The predicted octanol–water partition coefficient (Wildman–Crippen LogP) is 3.83. The Labute approximate surface area is 133 Å². The zero-order valence-corrected chi connectivity index (χ0v) is 12.7. The van der Waals surface area contributed by atoms with E-state index in [1.54, 1.807) is 18.2 Å². The minimum absolute atomic E-state index is 0.118. The molecule has 0 aliphatic rings. The zero-order chi connectivity index (χ0) is 16.4. The Balaban J connectivity index is 2.01. The summed E-state index contributed by atoms with van der Waals surface area (Å²) in [4.78, 5) is 15.5. The third-order valence-corrected chi connectivity index (χ3v) is 3.47. The number of rotatable bonds is 3. The number of hydrogen-bond donors (Lipinski definition) is 1. The lowest BCUT2D eigenvalue weighted by molar-refractivity contribution is 0.0591. The largest absolute Gasteiger partial charge is 0.505 e. The maximum absolute atomic E-state index is 11.6. The second-order valence-electron chi connectivity index (χ2n) is 5.11. The Hall–Kier alpha value is -3.08. The highest BCUT2D eigenvalue weighted by Crippen LogP contribution is 2.32. The van der Waals surface area contributed by atoms with Crippen molar-refractivity contribution in [3.05, 3.63) is 59.9 Å². The van der Waals surface area contributed by atoms with Crippen LogP contribution in [0.15, 0.2) is 48.7 Å². The van der Waals surface area contributed by atoms with E-state index in [4.69, 9.17) is 4.74 Å². The van der Waals surface area contributed by atoms with E-state index in [2.05, 4.69) is 9.72 Å². The molecular formula is C18H15NO4. The van der Waals surface area contributed by atoms with Crippen molar-refractivity contribution in [3.63, 3.8) is 0 Å². The smallest absolute Gasteiger partial charge is 0.360 e. The van der Waals surface area contributed by atoms with Gasteiger partial charge in [0.05, 0.1) is 7.11 Å². The molecule has 0 bridgehead atoms. The molecule has 0 unspecified atom stereocenters. The maximum atomic E-state index is 11.6. The number of carbonyl (C=O) groups excluding carboxylic acids is 1. The Morgan fingerprint density at radius 2 is 1.78 bits per heavy atom. The molecule has 0 aliphatic carbocycles. The summed E-state index contributed by atoms with van der Waals surface area (Å²) in [6.07, 6.45) is 1.51. The van der Waals surface area contributed by atoms with Gasteiger partial charge in [-0.1, -0.05) is 17.7 Å². The molecule has 23 heavy (non-hydrogen) atoms. The molecule has 0 saturated carbocycles. The lowest BCUT2D eigenvalue weighted by Gasteiger charge is -2.09. The molecule has 0 aliphatic heterocycles. The summed E-state index contributed by atoms with van der Waals surface area (Å²) in [6.45, 7) is 2.00. The third kappa shape index (κ3) is 2.94. The molecule has 0 spiro atoms. The first kappa shape index (κ1) is 14.8. The first-order valence-corrected chi connectivity index (χ1v) is 7.03. The van der Waals surface area contributed by atoms with Gasteiger partial charge in [0, 0.05) is 17.0 Å². The van der Waals surface area contributed by atoms with Crippen molar-refractivity contribution < 1.29 is 19.4 Å². The number of fused-ring (bicyclic) bond motifs is 1. The van der Waals surface area contributed by atoms with Gasteiger partial charge in [-0.3, -0.25) is 0 Å². The van der Waals surface area contributed by atoms with Gasteiger partial charge in [0.15, 0.2) is 11.4 Å². The van der Waals surface area contributed by atoms with E-state index in [-0.39, 0.29) is 11.4 Å². The van der Waals surface area contributed by atoms with Crippen LogP contribution < -0.4 is 4.74 Å². The van der Waals surface area contributed by atoms with E-state index in [0.29, 0.717) is 22.3 Å². The van der Waals surface area contributed by atoms with Crippen LogP contribution in [0.4, 0.5) is 0 Å². The van der Waals surface area contributed by atoms with Crippen molar-refractivity contribution in [1.29, 1.82) is 0 Å².